The number of halogens is 1. The van der Waals surface area contributed by atoms with Crippen LogP contribution < -0.4 is 16.6 Å². The zero-order chi connectivity index (χ0) is 24.0. The van der Waals surface area contributed by atoms with Crippen molar-refractivity contribution in [2.24, 2.45) is 14.1 Å². The third kappa shape index (κ3) is 3.76. The largest absolute Gasteiger partial charge is 0.330 e. The van der Waals surface area contributed by atoms with Crippen LogP contribution in [0, 0.1) is 10.1 Å². The summed E-state index contributed by atoms with van der Waals surface area (Å²) in [5.74, 6) is -0.214. The molecule has 4 aromatic rings. The fourth-order valence-electron chi connectivity index (χ4n) is 3.73. The number of hydrogen-bond donors (Lipinski definition) is 1. The molecule has 0 bridgehead atoms. The summed E-state index contributed by atoms with van der Waals surface area (Å²) in [6, 6.07) is 11.2. The first kappa shape index (κ1) is 22.2. The Morgan fingerprint density at radius 1 is 1.06 bits per heavy atom. The minimum absolute atomic E-state index is 0.142. The van der Waals surface area contributed by atoms with E-state index in [2.05, 4.69) is 21.2 Å². The molecule has 0 spiro atoms. The van der Waals surface area contributed by atoms with Gasteiger partial charge in [-0.3, -0.25) is 28.8 Å². The van der Waals surface area contributed by atoms with Crippen LogP contribution in [0.3, 0.4) is 0 Å². The van der Waals surface area contributed by atoms with Crippen molar-refractivity contribution < 1.29 is 9.72 Å². The number of benzene rings is 2. The third-order valence-corrected chi connectivity index (χ3v) is 6.01. The smallest absolute Gasteiger partial charge is 0.326 e. The minimum Gasteiger partial charge on any atom is -0.326 e. The van der Waals surface area contributed by atoms with Crippen molar-refractivity contribution in [2.45, 2.75) is 6.92 Å². The van der Waals surface area contributed by atoms with E-state index >= 15 is 0 Å². The van der Waals surface area contributed by atoms with E-state index in [9.17, 15) is 24.5 Å². The highest BCUT2D eigenvalue weighted by atomic mass is 79.9. The summed E-state index contributed by atoms with van der Waals surface area (Å²) in [7, 11) is 2.94. The van der Waals surface area contributed by atoms with E-state index in [1.807, 2.05) is 0 Å². The number of nitro benzene ring substituents is 1. The maximum atomic E-state index is 13.2. The summed E-state index contributed by atoms with van der Waals surface area (Å²) in [5, 5.41) is 14.4. The maximum absolute atomic E-state index is 13.2. The number of anilines is 1. The summed E-state index contributed by atoms with van der Waals surface area (Å²) < 4.78 is 4.60. The van der Waals surface area contributed by atoms with Crippen molar-refractivity contribution in [1.82, 2.24) is 13.7 Å². The van der Waals surface area contributed by atoms with Crippen LogP contribution in [-0.2, 0) is 18.9 Å². The van der Waals surface area contributed by atoms with E-state index in [0.717, 1.165) is 4.57 Å². The van der Waals surface area contributed by atoms with Crippen molar-refractivity contribution >= 4 is 44.1 Å². The first-order valence-corrected chi connectivity index (χ1v) is 10.5. The van der Waals surface area contributed by atoms with E-state index < -0.39 is 16.2 Å². The molecule has 4 rings (SSSR count). The highest BCUT2D eigenvalue weighted by molar-refractivity contribution is 9.10. The Kier molecular flexibility index (Phi) is 5.50. The lowest BCUT2D eigenvalue weighted by atomic mass is 10.1. The molecular formula is C22H18BrN5O5. The summed E-state index contributed by atoms with van der Waals surface area (Å²) in [4.78, 5) is 48.0. The molecule has 0 saturated heterocycles. The standard InChI is InChI=1S/C22H18BrN5O5/c1-12(29)24-13-4-6-14(7-5-13)27-11-18-19(21(30)26(3)22(31)25(18)2)20(27)16-10-15(28(32)33)8-9-17(16)23/h4-11H,1-3H3,(H,24,29). The number of rotatable bonds is 4. The summed E-state index contributed by atoms with van der Waals surface area (Å²) in [5.41, 5.74) is 1.25. The molecule has 2 aromatic carbocycles. The number of nitrogens with zero attached hydrogens (tertiary/aromatic N) is 4. The van der Waals surface area contributed by atoms with Gasteiger partial charge in [-0.2, -0.15) is 0 Å². The SMILES string of the molecule is CC(=O)Nc1ccc(-n2cc3c(c2-c2cc([N+](=O)[O-])ccc2Br)c(=O)n(C)c(=O)n3C)cc1. The number of aryl methyl sites for hydroxylation is 1. The molecule has 0 aliphatic rings. The molecule has 1 amide bonds. The zero-order valence-electron chi connectivity index (χ0n) is 17.8. The highest BCUT2D eigenvalue weighted by Gasteiger charge is 2.23. The molecule has 10 nitrogen and oxygen atoms in total. The van der Waals surface area contributed by atoms with Crippen molar-refractivity contribution in [2.75, 3.05) is 5.32 Å². The van der Waals surface area contributed by atoms with Crippen molar-refractivity contribution in [1.29, 1.82) is 0 Å². The van der Waals surface area contributed by atoms with Crippen LogP contribution in [0.4, 0.5) is 11.4 Å². The maximum Gasteiger partial charge on any atom is 0.330 e. The van der Waals surface area contributed by atoms with E-state index in [1.54, 1.807) is 48.1 Å². The van der Waals surface area contributed by atoms with Crippen LogP contribution in [0.2, 0.25) is 0 Å². The molecule has 0 aliphatic heterocycles. The second-order valence-corrected chi connectivity index (χ2v) is 8.32. The fourth-order valence-corrected chi connectivity index (χ4v) is 4.16. The van der Waals surface area contributed by atoms with E-state index in [4.69, 9.17) is 0 Å². The van der Waals surface area contributed by atoms with Gasteiger partial charge in [-0.25, -0.2) is 4.79 Å². The number of carbonyl (C=O) groups is 1. The van der Waals surface area contributed by atoms with Gasteiger partial charge in [0.2, 0.25) is 5.91 Å². The van der Waals surface area contributed by atoms with Gasteiger partial charge in [0.1, 0.15) is 0 Å². The molecule has 33 heavy (non-hydrogen) atoms. The Morgan fingerprint density at radius 2 is 1.73 bits per heavy atom. The molecule has 0 aliphatic carbocycles. The van der Waals surface area contributed by atoms with Gasteiger partial charge in [-0.05, 0) is 30.3 Å². The van der Waals surface area contributed by atoms with Gasteiger partial charge in [0.15, 0.2) is 0 Å². The summed E-state index contributed by atoms with van der Waals surface area (Å²) in [6.45, 7) is 1.40. The van der Waals surface area contributed by atoms with Crippen molar-refractivity contribution in [3.8, 4) is 16.9 Å². The Labute approximate surface area is 195 Å². The number of fused-ring (bicyclic) bond motifs is 1. The zero-order valence-corrected chi connectivity index (χ0v) is 19.4. The summed E-state index contributed by atoms with van der Waals surface area (Å²) >= 11 is 3.45. The lowest BCUT2D eigenvalue weighted by molar-refractivity contribution is -0.384. The van der Waals surface area contributed by atoms with Gasteiger partial charge in [0.25, 0.3) is 11.2 Å². The molecule has 11 heteroatoms. The molecule has 0 radical (unpaired) electrons. The number of non-ortho nitro benzene ring substituents is 1. The number of aromatic nitrogens is 3. The van der Waals surface area contributed by atoms with Crippen LogP contribution in [0.15, 0.2) is 62.7 Å². The molecule has 0 fully saturated rings. The first-order valence-electron chi connectivity index (χ1n) is 9.73. The lowest BCUT2D eigenvalue weighted by Gasteiger charge is -2.12. The van der Waals surface area contributed by atoms with Crippen LogP contribution >= 0.6 is 15.9 Å². The number of amides is 1. The molecule has 168 valence electrons. The van der Waals surface area contributed by atoms with E-state index in [-0.39, 0.29) is 17.0 Å². The quantitative estimate of drug-likeness (QED) is 0.332. The molecule has 0 unspecified atom stereocenters. The third-order valence-electron chi connectivity index (χ3n) is 5.32. The second kappa shape index (κ2) is 8.17. The summed E-state index contributed by atoms with van der Waals surface area (Å²) in [6.07, 6.45) is 1.64. The molecule has 2 aromatic heterocycles. The van der Waals surface area contributed by atoms with E-state index in [1.165, 1.54) is 30.7 Å². The highest BCUT2D eigenvalue weighted by Crippen LogP contribution is 2.37. The second-order valence-electron chi connectivity index (χ2n) is 7.46. The van der Waals surface area contributed by atoms with E-state index in [0.29, 0.717) is 32.6 Å². The first-order chi connectivity index (χ1) is 15.6. The normalized spacial score (nSPS) is 11.0. The Balaban J connectivity index is 2.11. The Bertz CT molecular complexity index is 1560. The number of nitrogens with one attached hydrogen (secondary N) is 1. The monoisotopic (exact) mass is 511 g/mol. The van der Waals surface area contributed by atoms with Crippen molar-refractivity contribution in [3.63, 3.8) is 0 Å². The number of hydrogen-bond acceptors (Lipinski definition) is 5. The number of carbonyl (C=O) groups excluding carboxylic acids is 1. The van der Waals surface area contributed by atoms with Gasteiger partial charge in [0.05, 0.1) is 21.5 Å². The minimum atomic E-state index is -0.518. The van der Waals surface area contributed by atoms with Crippen LogP contribution in [0.1, 0.15) is 6.92 Å². The van der Waals surface area contributed by atoms with Gasteiger partial charge >= 0.3 is 5.69 Å². The van der Waals surface area contributed by atoms with Gasteiger partial charge in [0, 0.05) is 60.8 Å². The van der Waals surface area contributed by atoms with Gasteiger partial charge in [-0.1, -0.05) is 15.9 Å². The predicted molar refractivity (Wildman–Crippen MR) is 128 cm³/mol. The molecule has 1 N–H and O–H groups in total. The predicted octanol–water partition coefficient (Wildman–Crippen LogP) is 3.32. The fraction of sp³-hybridized carbons (Fsp3) is 0.136. The van der Waals surface area contributed by atoms with Crippen LogP contribution in [0.5, 0.6) is 0 Å². The van der Waals surface area contributed by atoms with Gasteiger partial charge < -0.3 is 9.88 Å². The molecule has 2 heterocycles. The van der Waals surface area contributed by atoms with Crippen molar-refractivity contribution in [3.05, 3.63) is 84.1 Å². The number of nitro groups is 1. The average molecular weight is 512 g/mol. The molecule has 0 saturated carbocycles. The lowest BCUT2D eigenvalue weighted by Crippen LogP contribution is -2.36. The van der Waals surface area contributed by atoms with Gasteiger partial charge in [-0.15, -0.1) is 0 Å². The Morgan fingerprint density at radius 3 is 2.33 bits per heavy atom. The topological polar surface area (TPSA) is 121 Å². The molecule has 0 atom stereocenters. The molecular weight excluding hydrogens is 494 g/mol. The average Bonchev–Trinajstić information content (AvgIpc) is 3.17. The van der Waals surface area contributed by atoms with Crippen LogP contribution in [-0.4, -0.2) is 24.5 Å². The Hall–Kier alpha value is -3.99. The van der Waals surface area contributed by atoms with Crippen LogP contribution in [0.25, 0.3) is 27.8 Å².